The fraction of sp³-hybridized carbons (Fsp3) is 0.357. The van der Waals surface area contributed by atoms with Crippen LogP contribution in [0, 0.1) is 0 Å². The van der Waals surface area contributed by atoms with E-state index in [1.807, 2.05) is 6.07 Å². The number of hydrogen-bond acceptors (Lipinski definition) is 6. The highest BCUT2D eigenvalue weighted by Gasteiger charge is 2.16. The van der Waals surface area contributed by atoms with E-state index in [0.717, 1.165) is 19.4 Å². The number of benzene rings is 1. The standard InChI is InChI=1S/C14H15N3O3S/c18-13(16-14-17-15-9-21-14)10-3-1-4-11(7-10)20-8-12-5-2-6-19-12/h1,3-4,7,9,12H,2,5-6,8H2,(H,16,17,18). The van der Waals surface area contributed by atoms with E-state index in [9.17, 15) is 4.79 Å². The van der Waals surface area contributed by atoms with Gasteiger partial charge in [0.2, 0.25) is 5.13 Å². The molecule has 0 aliphatic carbocycles. The molecule has 1 aromatic heterocycles. The van der Waals surface area contributed by atoms with E-state index in [-0.39, 0.29) is 12.0 Å². The molecule has 1 N–H and O–H groups in total. The Morgan fingerprint density at radius 3 is 3.24 bits per heavy atom. The summed E-state index contributed by atoms with van der Waals surface area (Å²) in [7, 11) is 0. The van der Waals surface area contributed by atoms with Crippen molar-refractivity contribution in [2.24, 2.45) is 0 Å². The fourth-order valence-electron chi connectivity index (χ4n) is 2.09. The SMILES string of the molecule is O=C(Nc1nncs1)c1cccc(OCC2CCCO2)c1. The van der Waals surface area contributed by atoms with E-state index >= 15 is 0 Å². The third-order valence-electron chi connectivity index (χ3n) is 3.14. The molecule has 0 bridgehead atoms. The zero-order chi connectivity index (χ0) is 14.5. The molecule has 7 heteroatoms. The van der Waals surface area contributed by atoms with Crippen molar-refractivity contribution >= 4 is 22.4 Å². The van der Waals surface area contributed by atoms with Gasteiger partial charge in [-0.15, -0.1) is 10.2 Å². The molecule has 1 aliphatic heterocycles. The first-order valence-electron chi connectivity index (χ1n) is 6.73. The lowest BCUT2D eigenvalue weighted by atomic mass is 10.2. The van der Waals surface area contributed by atoms with E-state index in [2.05, 4.69) is 15.5 Å². The molecule has 1 aromatic carbocycles. The number of nitrogens with one attached hydrogen (secondary N) is 1. The Morgan fingerprint density at radius 2 is 2.48 bits per heavy atom. The number of hydrogen-bond donors (Lipinski definition) is 1. The van der Waals surface area contributed by atoms with Gasteiger partial charge in [-0.2, -0.15) is 0 Å². The van der Waals surface area contributed by atoms with Gasteiger partial charge in [0.15, 0.2) is 0 Å². The molecule has 1 unspecified atom stereocenters. The number of carbonyl (C=O) groups excluding carboxylic acids is 1. The summed E-state index contributed by atoms with van der Waals surface area (Å²) in [6, 6.07) is 7.07. The minimum atomic E-state index is -0.227. The van der Waals surface area contributed by atoms with Crippen molar-refractivity contribution in [2.75, 3.05) is 18.5 Å². The number of nitrogens with zero attached hydrogens (tertiary/aromatic N) is 2. The van der Waals surface area contributed by atoms with Gasteiger partial charge >= 0.3 is 0 Å². The maximum atomic E-state index is 12.1. The normalized spacial score (nSPS) is 17.6. The maximum Gasteiger partial charge on any atom is 0.257 e. The molecule has 0 radical (unpaired) electrons. The van der Waals surface area contributed by atoms with Crippen LogP contribution in [-0.4, -0.2) is 35.4 Å². The molecule has 2 heterocycles. The van der Waals surface area contributed by atoms with Crippen molar-refractivity contribution < 1.29 is 14.3 Å². The second-order valence-electron chi connectivity index (χ2n) is 4.67. The van der Waals surface area contributed by atoms with Gasteiger partial charge in [-0.05, 0) is 31.0 Å². The summed E-state index contributed by atoms with van der Waals surface area (Å²) >= 11 is 1.28. The van der Waals surface area contributed by atoms with E-state index < -0.39 is 0 Å². The first-order valence-corrected chi connectivity index (χ1v) is 7.61. The minimum absolute atomic E-state index is 0.156. The molecule has 3 rings (SSSR count). The van der Waals surface area contributed by atoms with Gasteiger partial charge in [0, 0.05) is 12.2 Å². The number of ether oxygens (including phenoxy) is 2. The van der Waals surface area contributed by atoms with Gasteiger partial charge in [0.05, 0.1) is 6.10 Å². The fourth-order valence-corrected chi connectivity index (χ4v) is 2.53. The van der Waals surface area contributed by atoms with Crippen LogP contribution in [0.5, 0.6) is 5.75 Å². The summed E-state index contributed by atoms with van der Waals surface area (Å²) in [6.45, 7) is 1.32. The van der Waals surface area contributed by atoms with Crippen molar-refractivity contribution in [1.29, 1.82) is 0 Å². The number of amides is 1. The Kier molecular flexibility index (Phi) is 4.42. The quantitative estimate of drug-likeness (QED) is 0.918. The highest BCUT2D eigenvalue weighted by molar-refractivity contribution is 7.13. The topological polar surface area (TPSA) is 73.3 Å². The summed E-state index contributed by atoms with van der Waals surface area (Å²) in [6.07, 6.45) is 2.26. The van der Waals surface area contributed by atoms with Gasteiger partial charge in [-0.25, -0.2) is 0 Å². The van der Waals surface area contributed by atoms with Gasteiger partial charge in [-0.1, -0.05) is 17.4 Å². The number of anilines is 1. The number of rotatable bonds is 5. The van der Waals surface area contributed by atoms with Crippen molar-refractivity contribution in [2.45, 2.75) is 18.9 Å². The summed E-state index contributed by atoms with van der Waals surface area (Å²) < 4.78 is 11.2. The lowest BCUT2D eigenvalue weighted by molar-refractivity contribution is 0.0679. The lowest BCUT2D eigenvalue weighted by Gasteiger charge is -2.12. The summed E-state index contributed by atoms with van der Waals surface area (Å²) in [5, 5.41) is 10.6. The van der Waals surface area contributed by atoms with E-state index in [0.29, 0.717) is 23.1 Å². The van der Waals surface area contributed by atoms with Crippen molar-refractivity contribution in [3.8, 4) is 5.75 Å². The first-order chi connectivity index (χ1) is 10.3. The molecular formula is C14H15N3O3S. The molecule has 110 valence electrons. The number of aromatic nitrogens is 2. The highest BCUT2D eigenvalue weighted by Crippen LogP contribution is 2.18. The predicted molar refractivity (Wildman–Crippen MR) is 78.8 cm³/mol. The largest absolute Gasteiger partial charge is 0.491 e. The molecule has 1 fully saturated rings. The molecule has 6 nitrogen and oxygen atoms in total. The molecule has 0 saturated carbocycles. The van der Waals surface area contributed by atoms with Crippen LogP contribution in [-0.2, 0) is 4.74 Å². The Morgan fingerprint density at radius 1 is 1.52 bits per heavy atom. The third kappa shape index (κ3) is 3.77. The Hall–Kier alpha value is -1.99. The summed E-state index contributed by atoms with van der Waals surface area (Å²) in [4.78, 5) is 12.1. The van der Waals surface area contributed by atoms with Gasteiger partial charge < -0.3 is 9.47 Å². The smallest absolute Gasteiger partial charge is 0.257 e. The molecule has 0 spiro atoms. The predicted octanol–water partition coefficient (Wildman–Crippen LogP) is 2.35. The van der Waals surface area contributed by atoms with Crippen molar-refractivity contribution in [3.05, 3.63) is 35.3 Å². The van der Waals surface area contributed by atoms with Crippen LogP contribution in [0.3, 0.4) is 0 Å². The Balaban J connectivity index is 1.60. The second-order valence-corrected chi connectivity index (χ2v) is 5.51. The molecular weight excluding hydrogens is 290 g/mol. The molecule has 1 amide bonds. The summed E-state index contributed by atoms with van der Waals surface area (Å²) in [5.74, 6) is 0.435. The van der Waals surface area contributed by atoms with Crippen LogP contribution in [0.15, 0.2) is 29.8 Å². The molecule has 21 heavy (non-hydrogen) atoms. The average molecular weight is 305 g/mol. The monoisotopic (exact) mass is 305 g/mol. The summed E-state index contributed by atoms with van der Waals surface area (Å²) in [5.41, 5.74) is 2.09. The van der Waals surface area contributed by atoms with Crippen LogP contribution >= 0.6 is 11.3 Å². The van der Waals surface area contributed by atoms with Crippen molar-refractivity contribution in [1.82, 2.24) is 10.2 Å². The zero-order valence-corrected chi connectivity index (χ0v) is 12.1. The lowest BCUT2D eigenvalue weighted by Crippen LogP contribution is -2.16. The highest BCUT2D eigenvalue weighted by atomic mass is 32.1. The zero-order valence-electron chi connectivity index (χ0n) is 11.3. The average Bonchev–Trinajstić information content (AvgIpc) is 3.19. The van der Waals surface area contributed by atoms with Gasteiger partial charge in [0.1, 0.15) is 17.9 Å². The van der Waals surface area contributed by atoms with Crippen LogP contribution < -0.4 is 10.1 Å². The van der Waals surface area contributed by atoms with Crippen LogP contribution in [0.4, 0.5) is 5.13 Å². The molecule has 1 saturated heterocycles. The number of carbonyl (C=O) groups is 1. The second kappa shape index (κ2) is 6.64. The maximum absolute atomic E-state index is 12.1. The van der Waals surface area contributed by atoms with Crippen LogP contribution in [0.25, 0.3) is 0 Å². The van der Waals surface area contributed by atoms with E-state index in [1.165, 1.54) is 11.3 Å². The molecule has 1 aliphatic rings. The Labute approximate surface area is 126 Å². The van der Waals surface area contributed by atoms with E-state index in [4.69, 9.17) is 9.47 Å². The van der Waals surface area contributed by atoms with Crippen LogP contribution in [0.1, 0.15) is 23.2 Å². The third-order valence-corrected chi connectivity index (χ3v) is 3.74. The van der Waals surface area contributed by atoms with Gasteiger partial charge in [-0.3, -0.25) is 10.1 Å². The van der Waals surface area contributed by atoms with E-state index in [1.54, 1.807) is 23.7 Å². The first kappa shape index (κ1) is 14.0. The molecule has 2 aromatic rings. The minimum Gasteiger partial charge on any atom is -0.491 e. The van der Waals surface area contributed by atoms with Crippen LogP contribution in [0.2, 0.25) is 0 Å². The van der Waals surface area contributed by atoms with Crippen molar-refractivity contribution in [3.63, 3.8) is 0 Å². The Bertz CT molecular complexity index is 597. The molecule has 1 atom stereocenters. The van der Waals surface area contributed by atoms with Gasteiger partial charge in [0.25, 0.3) is 5.91 Å².